The summed E-state index contributed by atoms with van der Waals surface area (Å²) < 4.78 is 16.2. The van der Waals surface area contributed by atoms with Gasteiger partial charge in [-0.2, -0.15) is 0 Å². The van der Waals surface area contributed by atoms with Crippen LogP contribution < -0.4 is 0 Å². The highest BCUT2D eigenvalue weighted by molar-refractivity contribution is 5.94. The predicted molar refractivity (Wildman–Crippen MR) is 77.8 cm³/mol. The predicted octanol–water partition coefficient (Wildman–Crippen LogP) is 3.38. The van der Waals surface area contributed by atoms with E-state index in [1.165, 1.54) is 7.11 Å². The Labute approximate surface area is 120 Å². The Bertz CT molecular complexity index is 461. The summed E-state index contributed by atoms with van der Waals surface area (Å²) in [6.07, 6.45) is -0.237. The number of ether oxygens (including phenoxy) is 3. The fourth-order valence-corrected chi connectivity index (χ4v) is 1.60. The lowest BCUT2D eigenvalue weighted by Crippen LogP contribution is -2.17. The number of hydrogen-bond donors (Lipinski definition) is 0. The summed E-state index contributed by atoms with van der Waals surface area (Å²) in [5.74, 6) is -0.0400. The molecule has 0 unspecified atom stereocenters. The Balaban J connectivity index is 3.33. The number of rotatable bonds is 6. The lowest BCUT2D eigenvalue weighted by atomic mass is 10.1. The lowest BCUT2D eigenvalue weighted by Gasteiger charge is -2.19. The van der Waals surface area contributed by atoms with Crippen molar-refractivity contribution in [3.8, 4) is 0 Å². The lowest BCUT2D eigenvalue weighted by molar-refractivity contribution is -0.141. The van der Waals surface area contributed by atoms with Crippen molar-refractivity contribution < 1.29 is 19.0 Å². The van der Waals surface area contributed by atoms with Crippen molar-refractivity contribution in [2.45, 2.75) is 39.9 Å². The van der Waals surface area contributed by atoms with Crippen LogP contribution in [-0.4, -0.2) is 25.3 Å². The van der Waals surface area contributed by atoms with Gasteiger partial charge in [-0.1, -0.05) is 30.3 Å². The van der Waals surface area contributed by atoms with Gasteiger partial charge in [0.2, 0.25) is 5.76 Å². The zero-order valence-electron chi connectivity index (χ0n) is 12.7. The summed E-state index contributed by atoms with van der Waals surface area (Å²) >= 11 is 0. The summed E-state index contributed by atoms with van der Waals surface area (Å²) in [6, 6.07) is 9.39. The molecule has 0 spiro atoms. The maximum absolute atomic E-state index is 12.0. The topological polar surface area (TPSA) is 44.8 Å². The van der Waals surface area contributed by atoms with Crippen LogP contribution in [-0.2, 0) is 19.0 Å². The third kappa shape index (κ3) is 4.61. The maximum atomic E-state index is 12.0. The van der Waals surface area contributed by atoms with E-state index in [2.05, 4.69) is 0 Å². The van der Waals surface area contributed by atoms with Gasteiger partial charge in [-0.3, -0.25) is 0 Å². The monoisotopic (exact) mass is 278 g/mol. The largest absolute Gasteiger partial charge is 0.486 e. The minimum atomic E-state index is -0.543. The molecule has 0 aliphatic rings. The van der Waals surface area contributed by atoms with E-state index in [4.69, 9.17) is 14.2 Å². The minimum absolute atomic E-state index is 0.0828. The van der Waals surface area contributed by atoms with Gasteiger partial charge in [0, 0.05) is 5.56 Å². The molecule has 4 heteroatoms. The molecule has 0 fully saturated rings. The molecule has 0 saturated heterocycles. The molecule has 0 aliphatic heterocycles. The maximum Gasteiger partial charge on any atom is 0.377 e. The highest BCUT2D eigenvalue weighted by Gasteiger charge is 2.23. The first-order valence-corrected chi connectivity index (χ1v) is 6.67. The van der Waals surface area contributed by atoms with Crippen molar-refractivity contribution in [1.82, 2.24) is 0 Å². The highest BCUT2D eigenvalue weighted by atomic mass is 16.6. The van der Waals surface area contributed by atoms with E-state index in [9.17, 15) is 4.79 Å². The molecule has 110 valence electrons. The Kier molecular flexibility index (Phi) is 6.10. The number of carbonyl (C=O) groups excluding carboxylic acids is 1. The van der Waals surface area contributed by atoms with Gasteiger partial charge in [0.1, 0.15) is 0 Å². The van der Waals surface area contributed by atoms with Gasteiger partial charge in [0.15, 0.2) is 5.76 Å². The summed E-state index contributed by atoms with van der Waals surface area (Å²) in [5, 5.41) is 0. The second-order valence-electron chi connectivity index (χ2n) is 4.85. The van der Waals surface area contributed by atoms with E-state index >= 15 is 0 Å². The van der Waals surface area contributed by atoms with Crippen molar-refractivity contribution in [3.63, 3.8) is 0 Å². The molecule has 0 amide bonds. The SMILES string of the molecule is COC(=O)C(OC(C)C)=C(OC(C)C)c1ccccc1. The van der Waals surface area contributed by atoms with Crippen LogP contribution in [0.4, 0.5) is 0 Å². The van der Waals surface area contributed by atoms with Crippen LogP contribution in [0.3, 0.4) is 0 Å². The number of carbonyl (C=O) groups is 1. The fourth-order valence-electron chi connectivity index (χ4n) is 1.60. The first-order valence-electron chi connectivity index (χ1n) is 6.67. The number of benzene rings is 1. The summed E-state index contributed by atoms with van der Waals surface area (Å²) in [7, 11) is 1.32. The Morgan fingerprint density at radius 1 is 0.950 bits per heavy atom. The molecule has 0 aliphatic carbocycles. The standard InChI is InChI=1S/C16H22O4/c1-11(2)19-14(13-9-7-6-8-10-13)15(16(17)18-5)20-12(3)4/h6-12H,1-5H3. The van der Waals surface area contributed by atoms with Crippen LogP contribution in [0.15, 0.2) is 36.1 Å². The van der Waals surface area contributed by atoms with Crippen LogP contribution in [0.2, 0.25) is 0 Å². The molecule has 4 nitrogen and oxygen atoms in total. The molecule has 0 atom stereocenters. The van der Waals surface area contributed by atoms with Gasteiger partial charge in [0.25, 0.3) is 0 Å². The third-order valence-corrected chi connectivity index (χ3v) is 2.32. The Hall–Kier alpha value is -1.97. The molecule has 1 rings (SSSR count). The third-order valence-electron chi connectivity index (χ3n) is 2.32. The first kappa shape index (κ1) is 16.1. The second kappa shape index (κ2) is 7.58. The van der Waals surface area contributed by atoms with Crippen molar-refractivity contribution >= 4 is 11.7 Å². The average molecular weight is 278 g/mol. The van der Waals surface area contributed by atoms with E-state index in [-0.39, 0.29) is 18.0 Å². The van der Waals surface area contributed by atoms with E-state index in [1.54, 1.807) is 0 Å². The van der Waals surface area contributed by atoms with Gasteiger partial charge in [-0.25, -0.2) is 4.79 Å². The molecule has 0 N–H and O–H groups in total. The zero-order chi connectivity index (χ0) is 15.1. The summed E-state index contributed by atoms with van der Waals surface area (Å²) in [4.78, 5) is 12.0. The zero-order valence-corrected chi connectivity index (χ0v) is 12.7. The molecule has 20 heavy (non-hydrogen) atoms. The molecular formula is C16H22O4. The van der Waals surface area contributed by atoms with Crippen LogP contribution in [0.5, 0.6) is 0 Å². The smallest absolute Gasteiger partial charge is 0.377 e. The first-order chi connectivity index (χ1) is 9.45. The molecule has 0 bridgehead atoms. The number of esters is 1. The van der Waals surface area contributed by atoms with Crippen molar-refractivity contribution in [3.05, 3.63) is 41.7 Å². The quantitative estimate of drug-likeness (QED) is 0.454. The summed E-state index contributed by atoms with van der Waals surface area (Å²) in [6.45, 7) is 7.49. The molecule has 0 saturated carbocycles. The van der Waals surface area contributed by atoms with Gasteiger partial charge < -0.3 is 14.2 Å². The number of methoxy groups -OCH3 is 1. The van der Waals surface area contributed by atoms with Crippen molar-refractivity contribution in [2.24, 2.45) is 0 Å². The fraction of sp³-hybridized carbons (Fsp3) is 0.438. The van der Waals surface area contributed by atoms with E-state index < -0.39 is 5.97 Å². The normalized spacial score (nSPS) is 12.2. The Morgan fingerprint density at radius 3 is 1.95 bits per heavy atom. The van der Waals surface area contributed by atoms with Crippen LogP contribution in [0.1, 0.15) is 33.3 Å². The number of hydrogen-bond acceptors (Lipinski definition) is 4. The second-order valence-corrected chi connectivity index (χ2v) is 4.85. The van der Waals surface area contributed by atoms with Crippen molar-refractivity contribution in [1.29, 1.82) is 0 Å². The minimum Gasteiger partial charge on any atom is -0.486 e. The Morgan fingerprint density at radius 2 is 1.50 bits per heavy atom. The van der Waals surface area contributed by atoms with Crippen molar-refractivity contribution in [2.75, 3.05) is 7.11 Å². The van der Waals surface area contributed by atoms with Crippen LogP contribution in [0, 0.1) is 0 Å². The average Bonchev–Trinajstić information content (AvgIpc) is 2.42. The van der Waals surface area contributed by atoms with E-state index in [0.717, 1.165) is 5.56 Å². The van der Waals surface area contributed by atoms with E-state index in [0.29, 0.717) is 5.76 Å². The summed E-state index contributed by atoms with van der Waals surface area (Å²) in [5.41, 5.74) is 0.780. The van der Waals surface area contributed by atoms with Crippen LogP contribution in [0.25, 0.3) is 5.76 Å². The molecule has 1 aromatic rings. The molecule has 0 aromatic heterocycles. The van der Waals surface area contributed by atoms with Gasteiger partial charge in [0.05, 0.1) is 19.3 Å². The molecular weight excluding hydrogens is 256 g/mol. The van der Waals surface area contributed by atoms with E-state index in [1.807, 2.05) is 58.0 Å². The van der Waals surface area contributed by atoms with Gasteiger partial charge in [-0.15, -0.1) is 0 Å². The van der Waals surface area contributed by atoms with Gasteiger partial charge >= 0.3 is 5.97 Å². The molecule has 1 aromatic carbocycles. The van der Waals surface area contributed by atoms with Gasteiger partial charge in [-0.05, 0) is 27.7 Å². The highest BCUT2D eigenvalue weighted by Crippen LogP contribution is 2.24. The molecule has 0 radical (unpaired) electrons. The van der Waals surface area contributed by atoms with Crippen LogP contribution >= 0.6 is 0 Å². The molecule has 0 heterocycles.